The fourth-order valence-electron chi connectivity index (χ4n) is 5.07. The van der Waals surface area contributed by atoms with Gasteiger partial charge in [0.05, 0.1) is 6.10 Å². The Morgan fingerprint density at radius 1 is 1.32 bits per heavy atom. The predicted octanol–water partition coefficient (Wildman–Crippen LogP) is 4.24. The van der Waals surface area contributed by atoms with Crippen molar-refractivity contribution >= 4 is 5.97 Å². The molecule has 3 nitrogen and oxygen atoms in total. The van der Waals surface area contributed by atoms with Gasteiger partial charge in [-0.1, -0.05) is 39.7 Å². The molecular weight excluding hydrogens is 276 g/mol. The van der Waals surface area contributed by atoms with E-state index < -0.39 is 6.29 Å². The van der Waals surface area contributed by atoms with Gasteiger partial charge in [-0.3, -0.25) is 0 Å². The first-order chi connectivity index (χ1) is 10.4. The van der Waals surface area contributed by atoms with Crippen LogP contribution in [0.1, 0.15) is 53.4 Å². The summed E-state index contributed by atoms with van der Waals surface area (Å²) in [5.41, 5.74) is 2.93. The molecule has 0 saturated heterocycles. The van der Waals surface area contributed by atoms with Crippen LogP contribution in [-0.2, 0) is 14.3 Å². The van der Waals surface area contributed by atoms with Gasteiger partial charge in [-0.25, -0.2) is 4.79 Å². The number of carbonyl (C=O) groups is 1. The minimum Gasteiger partial charge on any atom is -0.428 e. The van der Waals surface area contributed by atoms with Crippen molar-refractivity contribution in [3.63, 3.8) is 0 Å². The fourth-order valence-corrected chi connectivity index (χ4v) is 5.07. The van der Waals surface area contributed by atoms with Gasteiger partial charge in [0.2, 0.25) is 6.29 Å². The Hall–Kier alpha value is -1.09. The maximum Gasteiger partial charge on any atom is 0.335 e. The van der Waals surface area contributed by atoms with Crippen LogP contribution in [0.4, 0.5) is 0 Å². The van der Waals surface area contributed by atoms with Gasteiger partial charge in [0.25, 0.3) is 0 Å². The number of rotatable bonds is 2. The van der Waals surface area contributed by atoms with Crippen LogP contribution < -0.4 is 0 Å². The molecule has 1 heterocycles. The first kappa shape index (κ1) is 15.8. The number of ether oxygens (including phenoxy) is 2. The van der Waals surface area contributed by atoms with Crippen molar-refractivity contribution in [2.75, 3.05) is 0 Å². The minimum atomic E-state index is -0.512. The second kappa shape index (κ2) is 5.84. The number of hydrogen-bond acceptors (Lipinski definition) is 3. The quantitative estimate of drug-likeness (QED) is 0.435. The minimum absolute atomic E-state index is 0.143. The van der Waals surface area contributed by atoms with E-state index in [0.717, 1.165) is 29.7 Å². The normalized spacial score (nSPS) is 40.9. The van der Waals surface area contributed by atoms with Gasteiger partial charge in [0, 0.05) is 5.57 Å². The van der Waals surface area contributed by atoms with Gasteiger partial charge >= 0.3 is 5.97 Å². The van der Waals surface area contributed by atoms with Crippen molar-refractivity contribution in [2.45, 2.75) is 65.8 Å². The molecule has 0 aromatic rings. The molecule has 3 rings (SSSR count). The van der Waals surface area contributed by atoms with Crippen molar-refractivity contribution in [1.82, 2.24) is 0 Å². The first-order valence-electron chi connectivity index (χ1n) is 8.62. The summed E-state index contributed by atoms with van der Waals surface area (Å²) in [7, 11) is 0. The zero-order valence-electron chi connectivity index (χ0n) is 14.2. The lowest BCUT2D eigenvalue weighted by atomic mass is 9.59. The van der Waals surface area contributed by atoms with Crippen LogP contribution in [0, 0.1) is 23.7 Å². The summed E-state index contributed by atoms with van der Waals surface area (Å²) in [6, 6.07) is 0. The Balaban J connectivity index is 1.82. The highest BCUT2D eigenvalue weighted by Gasteiger charge is 2.48. The molecule has 0 spiro atoms. The molecule has 2 fully saturated rings. The molecule has 0 radical (unpaired) electrons. The third-order valence-electron chi connectivity index (χ3n) is 6.03. The molecule has 22 heavy (non-hydrogen) atoms. The standard InChI is InChI=1S/C19H28O3/c1-10(2)18(20)22-19-13(5)17-12(4)16-11(3)7-6-8-14(16)9-15(17)21-19/h11-12,14-16,19H,1,6-9H2,2-5H3/t11-,12-,14?,15-,16?,19?/m0/s1. The van der Waals surface area contributed by atoms with Gasteiger partial charge in [-0.2, -0.15) is 0 Å². The van der Waals surface area contributed by atoms with Crippen LogP contribution in [0.25, 0.3) is 0 Å². The molecule has 0 aromatic heterocycles. The molecule has 3 unspecified atom stereocenters. The van der Waals surface area contributed by atoms with Gasteiger partial charge in [0.15, 0.2) is 0 Å². The van der Waals surface area contributed by atoms with Gasteiger partial charge in [-0.05, 0) is 55.1 Å². The lowest BCUT2D eigenvalue weighted by Crippen LogP contribution is -2.41. The van der Waals surface area contributed by atoms with Crippen LogP contribution in [0.5, 0.6) is 0 Å². The van der Waals surface area contributed by atoms with E-state index in [-0.39, 0.29) is 12.1 Å². The molecule has 1 aliphatic heterocycles. The smallest absolute Gasteiger partial charge is 0.335 e. The summed E-state index contributed by atoms with van der Waals surface area (Å²) < 4.78 is 11.6. The monoisotopic (exact) mass is 304 g/mol. The second-order valence-electron chi connectivity index (χ2n) is 7.55. The number of hydrogen-bond donors (Lipinski definition) is 0. The highest BCUT2D eigenvalue weighted by Crippen LogP contribution is 2.52. The summed E-state index contributed by atoms with van der Waals surface area (Å²) in [4.78, 5) is 11.8. The number of esters is 1. The maximum atomic E-state index is 11.8. The van der Waals surface area contributed by atoms with E-state index >= 15 is 0 Å². The van der Waals surface area contributed by atoms with Crippen LogP contribution in [0.3, 0.4) is 0 Å². The highest BCUT2D eigenvalue weighted by molar-refractivity contribution is 5.87. The predicted molar refractivity (Wildman–Crippen MR) is 86.0 cm³/mol. The van der Waals surface area contributed by atoms with E-state index in [1.165, 1.54) is 24.8 Å². The summed E-state index contributed by atoms with van der Waals surface area (Å²) in [6.45, 7) is 12.1. The third-order valence-corrected chi connectivity index (χ3v) is 6.03. The number of carbonyl (C=O) groups excluding carboxylic acids is 1. The molecule has 0 bridgehead atoms. The Morgan fingerprint density at radius 3 is 2.73 bits per heavy atom. The number of fused-ring (bicyclic) bond motifs is 2. The lowest BCUT2D eigenvalue weighted by molar-refractivity contribution is -0.169. The summed E-state index contributed by atoms with van der Waals surface area (Å²) >= 11 is 0. The van der Waals surface area contributed by atoms with Crippen LogP contribution in [-0.4, -0.2) is 18.4 Å². The molecule has 122 valence electrons. The highest BCUT2D eigenvalue weighted by atomic mass is 16.7. The van der Waals surface area contributed by atoms with Crippen molar-refractivity contribution in [3.05, 3.63) is 23.3 Å². The second-order valence-corrected chi connectivity index (χ2v) is 7.55. The fraction of sp³-hybridized carbons (Fsp3) is 0.737. The average Bonchev–Trinajstić information content (AvgIpc) is 2.75. The van der Waals surface area contributed by atoms with E-state index in [4.69, 9.17) is 9.47 Å². The Labute approximate surface area is 133 Å². The van der Waals surface area contributed by atoms with Gasteiger partial charge < -0.3 is 9.47 Å². The maximum absolute atomic E-state index is 11.8. The molecule has 2 saturated carbocycles. The summed E-state index contributed by atoms with van der Waals surface area (Å²) in [5.74, 6) is 2.48. The largest absolute Gasteiger partial charge is 0.428 e. The van der Waals surface area contributed by atoms with Crippen LogP contribution in [0.15, 0.2) is 23.3 Å². The zero-order chi connectivity index (χ0) is 16.0. The van der Waals surface area contributed by atoms with Crippen LogP contribution >= 0.6 is 0 Å². The van der Waals surface area contributed by atoms with Crippen molar-refractivity contribution in [2.24, 2.45) is 23.7 Å². The van der Waals surface area contributed by atoms with Gasteiger partial charge in [0.1, 0.15) is 0 Å². The topological polar surface area (TPSA) is 35.5 Å². The lowest BCUT2D eigenvalue weighted by Gasteiger charge is -2.46. The molecule has 3 aliphatic rings. The molecule has 0 aromatic carbocycles. The van der Waals surface area contributed by atoms with Crippen molar-refractivity contribution in [1.29, 1.82) is 0 Å². The zero-order valence-corrected chi connectivity index (χ0v) is 14.2. The van der Waals surface area contributed by atoms with E-state index in [2.05, 4.69) is 27.4 Å². The average molecular weight is 304 g/mol. The Kier molecular flexibility index (Phi) is 4.19. The Morgan fingerprint density at radius 2 is 2.05 bits per heavy atom. The molecular formula is C19H28O3. The van der Waals surface area contributed by atoms with Gasteiger partial charge in [-0.15, -0.1) is 0 Å². The molecule has 3 heteroatoms. The van der Waals surface area contributed by atoms with E-state index in [0.29, 0.717) is 11.5 Å². The summed E-state index contributed by atoms with van der Waals surface area (Å²) in [5, 5.41) is 0. The van der Waals surface area contributed by atoms with Crippen molar-refractivity contribution in [3.8, 4) is 0 Å². The molecule has 6 atom stereocenters. The molecule has 0 amide bonds. The third kappa shape index (κ3) is 2.54. The first-order valence-corrected chi connectivity index (χ1v) is 8.62. The summed E-state index contributed by atoms with van der Waals surface area (Å²) in [6.07, 6.45) is 4.73. The Bertz CT molecular complexity index is 519. The molecule has 0 N–H and O–H groups in total. The van der Waals surface area contributed by atoms with E-state index in [1.807, 2.05) is 0 Å². The van der Waals surface area contributed by atoms with Crippen LogP contribution in [0.2, 0.25) is 0 Å². The van der Waals surface area contributed by atoms with E-state index in [1.54, 1.807) is 6.92 Å². The SMILES string of the molecule is C=C(C)C(=O)OC1O[C@H]2CC3CCC[C@H](C)C3[C@H](C)C2=C1C. The van der Waals surface area contributed by atoms with E-state index in [9.17, 15) is 4.79 Å². The van der Waals surface area contributed by atoms with Crippen molar-refractivity contribution < 1.29 is 14.3 Å². The molecule has 2 aliphatic carbocycles.